The van der Waals surface area contributed by atoms with Crippen LogP contribution >= 0.6 is 36.3 Å². The second-order valence-corrected chi connectivity index (χ2v) is 22.9. The van der Waals surface area contributed by atoms with Crippen LogP contribution in [0, 0.1) is 42.5 Å². The minimum atomic E-state index is -4.69. The molecule has 0 bridgehead atoms. The summed E-state index contributed by atoms with van der Waals surface area (Å²) < 4.78 is 118. The molecule has 0 saturated carbocycles. The van der Waals surface area contributed by atoms with Crippen LogP contribution in [0.5, 0.6) is 0 Å². The van der Waals surface area contributed by atoms with Crippen molar-refractivity contribution in [1.82, 2.24) is 85.4 Å². The Morgan fingerprint density at radius 2 is 0.737 bits per heavy atom. The fraction of sp³-hybridized carbons (Fsp3) is 0.0667. The number of pyridine rings is 7. The molecule has 2 unspecified atom stereocenters. The number of hydrogen-bond donors (Lipinski definition) is 1. The Hall–Kier alpha value is -8.24. The third-order valence-electron chi connectivity index (χ3n) is 12.7. The smallest absolute Gasteiger partial charge is 0.0777 e. The van der Waals surface area contributed by atoms with Gasteiger partial charge >= 0.3 is 67.3 Å². The first-order chi connectivity index (χ1) is 53.1. The van der Waals surface area contributed by atoms with Crippen molar-refractivity contribution >= 4 is 53.7 Å². The van der Waals surface area contributed by atoms with Crippen LogP contribution in [0.2, 0.25) is 0 Å². The summed E-state index contributed by atoms with van der Waals surface area (Å²) in [5.41, 5.74) is 8.66. The van der Waals surface area contributed by atoms with Gasteiger partial charge in [-0.2, -0.15) is 40.3 Å². The number of rotatable bonds is 9. The molecule has 0 fully saturated rings. The van der Waals surface area contributed by atoms with Gasteiger partial charge in [-0.15, -0.1) is 65.7 Å². The molecule has 15 rings (SSSR count). The molecule has 0 spiro atoms. The summed E-state index contributed by atoms with van der Waals surface area (Å²) in [5.74, 6) is -0.278. The maximum absolute atomic E-state index is 12.6. The molecule has 0 aliphatic rings. The van der Waals surface area contributed by atoms with Gasteiger partial charge in [-0.25, -0.2) is 0 Å². The zero-order valence-electron chi connectivity index (χ0n) is 59.3. The van der Waals surface area contributed by atoms with Gasteiger partial charge in [0.1, 0.15) is 11.4 Å². The Morgan fingerprint density at radius 1 is 0.439 bits per heavy atom. The minimum Gasteiger partial charge on any atom is -0.449 e. The number of aromatic nitrogens is 17. The summed E-state index contributed by atoms with van der Waals surface area (Å²) in [5, 5.41) is 23.9. The number of benzene rings is 3. The van der Waals surface area contributed by atoms with E-state index in [1.54, 1.807) is 85.8 Å². The summed E-state index contributed by atoms with van der Waals surface area (Å²) in [6.45, 7) is 9.64. The van der Waals surface area contributed by atoms with Gasteiger partial charge in [0.05, 0.1) is 26.3 Å². The van der Waals surface area contributed by atoms with Gasteiger partial charge in [0, 0.05) is 132 Å². The Morgan fingerprint density at radius 3 is 0.982 bits per heavy atom. The van der Waals surface area contributed by atoms with E-state index in [1.165, 1.54) is 83.6 Å². The van der Waals surface area contributed by atoms with E-state index in [0.717, 1.165) is 91.7 Å². The number of hydrogen-bond acceptors (Lipinski definition) is 17. The average Bonchev–Trinajstić information content (AvgIpc) is 1.69. The van der Waals surface area contributed by atoms with Crippen LogP contribution < -0.4 is 49.9 Å². The van der Waals surface area contributed by atoms with Crippen molar-refractivity contribution in [2.75, 3.05) is 13.3 Å². The Balaban J connectivity index is 0.00000125. The van der Waals surface area contributed by atoms with Crippen molar-refractivity contribution in [3.05, 3.63) is 323 Å². The predicted octanol–water partition coefficient (Wildman–Crippen LogP) is 12.1. The summed E-state index contributed by atoms with van der Waals surface area (Å²) in [4.78, 5) is 52.0. The van der Waals surface area contributed by atoms with Gasteiger partial charge in [0.25, 0.3) is 0 Å². The van der Waals surface area contributed by atoms with Gasteiger partial charge < -0.3 is 72.7 Å². The molecule has 0 aliphatic heterocycles. The van der Waals surface area contributed by atoms with E-state index in [1.807, 2.05) is 128 Å². The van der Waals surface area contributed by atoms with E-state index in [9.17, 15) is 30.7 Å². The number of nitrogens with zero attached hydrogens (tertiary/aromatic N) is 17. The van der Waals surface area contributed by atoms with Gasteiger partial charge in [0.2, 0.25) is 0 Å². The molecular formula is C75H62Cl3F7Ir5N17O5P2-5. The van der Waals surface area contributed by atoms with Crippen molar-refractivity contribution in [3.8, 4) is 79.5 Å². The Labute approximate surface area is 728 Å². The number of carbonyl (C=O) groups excluding carboxylic acids is 1. The average molecular weight is 2540 g/mol. The summed E-state index contributed by atoms with van der Waals surface area (Å²) in [6.07, 6.45) is 9.20. The third-order valence-corrected chi connectivity index (χ3v) is 14.9. The Kier molecular flexibility index (Phi) is 55.9. The molecule has 15 aromatic rings. The van der Waals surface area contributed by atoms with Crippen LogP contribution in [0.4, 0.5) is 30.7 Å². The number of aryl methyl sites for hydroxylation is 1. The summed E-state index contributed by atoms with van der Waals surface area (Å²) in [7, 11) is 6.47. The van der Waals surface area contributed by atoms with Crippen LogP contribution in [-0.4, -0.2) is 84.9 Å². The van der Waals surface area contributed by atoms with Gasteiger partial charge in [-0.05, 0) is 139 Å². The Bertz CT molecular complexity index is 4590. The number of halogens is 10. The molecule has 12 aromatic heterocycles. The van der Waals surface area contributed by atoms with E-state index < -0.39 is 34.0 Å². The zero-order chi connectivity index (χ0) is 80.4. The third kappa shape index (κ3) is 41.9. The molecule has 0 amide bonds. The second kappa shape index (κ2) is 60.3. The maximum atomic E-state index is 12.6. The standard InChI is InChI=1S/C11H7FN.C11H8N.2C9H5F3N3.C9H8N3.2C8H6N3.C8H12P2.CHO.CH3.ClHO4.2ClH.5Ir/c12-10-6-4-9(5-7-10)11-3-1-2-8-13-11;1-2-6-10(7-3-1)11-8-4-5-9-12-11;2*10-9(11,12)8-5-7(14-15-8)6-3-1-2-4-13-6;1-7-6-9(12-11-7)8-4-2-3-5-10-8;2*1-2-4-10-7(3-1)8-5-9-6-11-8;1-9-7-5-3-4-6-8(7)10-2;1-2;;2-1(3,4)5;;;;;;;/h1-4,6-8H;1-6,8-9H;2*1-5H;2-6H,1H3;2*1-6H;3-6,9-10H,1-2H3;1H;1H3;(H,2,3,4,5);2*1H;;;;;/q7*-1;;2*-1;;;;;;;2*+3/p-2. The normalized spacial score (nSPS) is 9.91. The van der Waals surface area contributed by atoms with Gasteiger partial charge in [-0.1, -0.05) is 144 Å². The fourth-order valence-corrected chi connectivity index (χ4v) is 9.99. The fourth-order valence-electron chi connectivity index (χ4n) is 8.01. The molecule has 39 heteroatoms. The monoisotopic (exact) mass is 2550 g/mol. The van der Waals surface area contributed by atoms with Crippen LogP contribution in [-0.2, 0) is 113 Å². The van der Waals surface area contributed by atoms with Crippen LogP contribution in [0.15, 0.2) is 281 Å². The largest absolute Gasteiger partial charge is 0.449 e. The molecular weight excluding hydrogens is 2480 g/mol. The first-order valence-corrected chi connectivity index (χ1v) is 40.9. The van der Waals surface area contributed by atoms with Gasteiger partial charge in [-0.3, -0.25) is 36.1 Å². The predicted molar refractivity (Wildman–Crippen MR) is 397 cm³/mol. The molecule has 3 aromatic carbocycles. The molecule has 22 nitrogen and oxygen atoms in total. The summed E-state index contributed by atoms with van der Waals surface area (Å²) >= 11 is 2.94. The first kappa shape index (κ1) is 106. The molecule has 0 aliphatic carbocycles. The molecule has 607 valence electrons. The van der Waals surface area contributed by atoms with E-state index in [4.69, 9.17) is 23.4 Å². The summed E-state index contributed by atoms with van der Waals surface area (Å²) in [6, 6.07) is 69.0. The van der Waals surface area contributed by atoms with Crippen molar-refractivity contribution < 1.29 is 161 Å². The van der Waals surface area contributed by atoms with Crippen molar-refractivity contribution in [2.24, 2.45) is 0 Å². The van der Waals surface area contributed by atoms with E-state index >= 15 is 0 Å². The maximum Gasteiger partial charge on any atom is 0.0777 e. The van der Waals surface area contributed by atoms with Crippen molar-refractivity contribution in [3.63, 3.8) is 0 Å². The number of imidazole rings is 2. The topological polar surface area (TPSA) is 332 Å². The SMILES string of the molecule is CPc1ccccc1PC.Cc1cc(-c2ccccn2)[n-]n1.FC(F)(F)c1cc(-c2ccccn2)[n-]n1.FC(F)(F)c1cc(-c2ccccn2)[n-]n1.Fc1c[c-]c(-c2ccccn2)cc1.[CH-]=O.[CH3-].[Cl][Ir+2].[Cl][Ir+2].[Ir].[Ir].[Ir].[O-][Cl+3]([O-])([O-])O.[c-]1ccccc1-c1ccccn1.c1ccc(-c2cnc[n-]2)nc1.c1ccc(-c2cnc[n-]2)nc1. The van der Waals surface area contributed by atoms with Crippen molar-refractivity contribution in [1.29, 1.82) is 0 Å². The molecule has 2 atom stereocenters. The molecule has 1 N–H and O–H groups in total. The first-order valence-electron chi connectivity index (χ1n) is 30.7. The van der Waals surface area contributed by atoms with E-state index in [0.29, 0.717) is 11.4 Å². The second-order valence-electron chi connectivity index (χ2n) is 20.1. The minimum absolute atomic E-state index is 0. The molecule has 12 heterocycles. The molecule has 0 saturated heterocycles. The molecule has 3 radical (unpaired) electrons. The van der Waals surface area contributed by atoms with Crippen molar-refractivity contribution in [2.45, 2.75) is 19.3 Å². The molecule has 114 heavy (non-hydrogen) atoms. The quantitative estimate of drug-likeness (QED) is 0.0607. The van der Waals surface area contributed by atoms with Gasteiger partial charge in [0.15, 0.2) is 0 Å². The zero-order valence-corrected chi connectivity index (χ0v) is 75.5. The van der Waals surface area contributed by atoms with E-state index in [-0.39, 0.29) is 84.9 Å². The van der Waals surface area contributed by atoms with Crippen LogP contribution in [0.25, 0.3) is 79.5 Å². The van der Waals surface area contributed by atoms with Crippen LogP contribution in [0.1, 0.15) is 17.1 Å². The van der Waals surface area contributed by atoms with E-state index in [2.05, 4.69) is 161 Å². The van der Waals surface area contributed by atoms with Crippen LogP contribution in [0.3, 0.4) is 0 Å². The number of alkyl halides is 6.